The Balaban J connectivity index is 1.61. The summed E-state index contributed by atoms with van der Waals surface area (Å²) in [6.45, 7) is 5.90. The number of hydrogen-bond acceptors (Lipinski definition) is 6. The first-order valence-corrected chi connectivity index (χ1v) is 8.81. The largest absolute Gasteiger partial charge is 0.491 e. The molecule has 0 bridgehead atoms. The summed E-state index contributed by atoms with van der Waals surface area (Å²) >= 11 is 0. The van der Waals surface area contributed by atoms with Crippen LogP contribution >= 0.6 is 0 Å². The molecule has 1 aliphatic carbocycles. The van der Waals surface area contributed by atoms with Crippen LogP contribution in [-0.2, 0) is 5.41 Å². The van der Waals surface area contributed by atoms with Gasteiger partial charge < -0.3 is 14.2 Å². The van der Waals surface area contributed by atoms with Gasteiger partial charge in [0.05, 0.1) is 31.6 Å². The SMILES string of the molecule is CC(C)(C)c1nc(-c2cc(OCC3CC3)c(N3CC(F)(F)C3)cn2)no1. The average molecular weight is 364 g/mol. The number of alkyl halides is 2. The molecule has 0 amide bonds. The van der Waals surface area contributed by atoms with Crippen molar-refractivity contribution in [2.45, 2.75) is 45.0 Å². The maximum absolute atomic E-state index is 13.3. The molecule has 0 radical (unpaired) electrons. The fourth-order valence-electron chi connectivity index (χ4n) is 2.71. The zero-order valence-corrected chi connectivity index (χ0v) is 15.1. The van der Waals surface area contributed by atoms with Crippen LogP contribution in [0.1, 0.15) is 39.5 Å². The first-order valence-electron chi connectivity index (χ1n) is 8.81. The third-order valence-corrected chi connectivity index (χ3v) is 4.50. The topological polar surface area (TPSA) is 64.3 Å². The molecule has 8 heteroatoms. The Morgan fingerprint density at radius 1 is 1.31 bits per heavy atom. The molecule has 26 heavy (non-hydrogen) atoms. The van der Waals surface area contributed by atoms with Crippen molar-refractivity contribution in [3.8, 4) is 17.3 Å². The highest BCUT2D eigenvalue weighted by atomic mass is 19.3. The third kappa shape index (κ3) is 3.50. The van der Waals surface area contributed by atoms with Gasteiger partial charge in [0.15, 0.2) is 0 Å². The van der Waals surface area contributed by atoms with Crippen molar-refractivity contribution < 1.29 is 18.0 Å². The van der Waals surface area contributed by atoms with Gasteiger partial charge in [0.2, 0.25) is 11.7 Å². The van der Waals surface area contributed by atoms with E-state index in [1.54, 1.807) is 17.2 Å². The van der Waals surface area contributed by atoms with Crippen molar-refractivity contribution in [2.24, 2.45) is 5.92 Å². The molecule has 1 saturated heterocycles. The van der Waals surface area contributed by atoms with Crippen LogP contribution in [0.2, 0.25) is 0 Å². The Kier molecular flexibility index (Phi) is 3.89. The first-order chi connectivity index (χ1) is 12.2. The van der Waals surface area contributed by atoms with Crippen LogP contribution in [0.4, 0.5) is 14.5 Å². The maximum atomic E-state index is 13.3. The second-order valence-corrected chi connectivity index (χ2v) is 8.18. The third-order valence-electron chi connectivity index (χ3n) is 4.50. The molecular formula is C18H22F2N4O2. The lowest BCUT2D eigenvalue weighted by molar-refractivity contribution is -0.0265. The van der Waals surface area contributed by atoms with Crippen LogP contribution < -0.4 is 9.64 Å². The van der Waals surface area contributed by atoms with Gasteiger partial charge in [0.25, 0.3) is 5.92 Å². The van der Waals surface area contributed by atoms with Gasteiger partial charge in [-0.2, -0.15) is 4.98 Å². The van der Waals surface area contributed by atoms with Gasteiger partial charge in [-0.05, 0) is 18.8 Å². The van der Waals surface area contributed by atoms with Gasteiger partial charge in [0.1, 0.15) is 11.4 Å². The van der Waals surface area contributed by atoms with Crippen molar-refractivity contribution >= 4 is 5.69 Å². The van der Waals surface area contributed by atoms with Gasteiger partial charge >= 0.3 is 0 Å². The molecule has 0 atom stereocenters. The predicted molar refractivity (Wildman–Crippen MR) is 91.6 cm³/mol. The van der Waals surface area contributed by atoms with Crippen molar-refractivity contribution in [2.75, 3.05) is 24.6 Å². The van der Waals surface area contributed by atoms with Gasteiger partial charge in [0, 0.05) is 11.5 Å². The van der Waals surface area contributed by atoms with Crippen molar-refractivity contribution in [3.05, 3.63) is 18.2 Å². The molecule has 4 rings (SSSR count). The maximum Gasteiger partial charge on any atom is 0.282 e. The Labute approximate surface area is 150 Å². The highest BCUT2D eigenvalue weighted by Gasteiger charge is 2.45. The van der Waals surface area contributed by atoms with Crippen molar-refractivity contribution in [3.63, 3.8) is 0 Å². The summed E-state index contributed by atoms with van der Waals surface area (Å²) in [5.41, 5.74) is 0.825. The highest BCUT2D eigenvalue weighted by molar-refractivity contribution is 5.65. The molecule has 2 aromatic heterocycles. The Bertz CT molecular complexity index is 804. The molecule has 0 unspecified atom stereocenters. The van der Waals surface area contributed by atoms with Crippen LogP contribution in [0.15, 0.2) is 16.8 Å². The van der Waals surface area contributed by atoms with Crippen molar-refractivity contribution in [1.29, 1.82) is 0 Å². The molecule has 140 valence electrons. The van der Waals surface area contributed by atoms with E-state index in [9.17, 15) is 8.78 Å². The summed E-state index contributed by atoms with van der Waals surface area (Å²) in [4.78, 5) is 10.3. The van der Waals surface area contributed by atoms with Crippen LogP contribution in [0.5, 0.6) is 5.75 Å². The summed E-state index contributed by atoms with van der Waals surface area (Å²) in [7, 11) is 0. The van der Waals surface area contributed by atoms with Crippen LogP contribution in [-0.4, -0.2) is 40.7 Å². The molecule has 0 aromatic carbocycles. The molecule has 1 saturated carbocycles. The number of rotatable bonds is 5. The van der Waals surface area contributed by atoms with E-state index in [4.69, 9.17) is 9.26 Å². The standard InChI is InChI=1S/C18H22F2N4O2/c1-17(2,3)16-22-15(23-26-16)12-6-14(25-8-11-4-5-11)13(7-21-12)24-9-18(19,20)10-24/h6-7,11H,4-5,8-10H2,1-3H3. The molecule has 1 aliphatic heterocycles. The monoisotopic (exact) mass is 364 g/mol. The fraction of sp³-hybridized carbons (Fsp3) is 0.611. The van der Waals surface area contributed by atoms with Gasteiger partial charge in [-0.15, -0.1) is 0 Å². The zero-order chi connectivity index (χ0) is 18.5. The number of pyridine rings is 1. The smallest absolute Gasteiger partial charge is 0.282 e. The van der Waals surface area contributed by atoms with E-state index in [2.05, 4.69) is 15.1 Å². The van der Waals surface area contributed by atoms with E-state index < -0.39 is 5.92 Å². The fourth-order valence-corrected chi connectivity index (χ4v) is 2.71. The minimum Gasteiger partial charge on any atom is -0.491 e. The lowest BCUT2D eigenvalue weighted by Crippen LogP contribution is -2.56. The minimum atomic E-state index is -2.65. The summed E-state index contributed by atoms with van der Waals surface area (Å²) < 4.78 is 37.7. The predicted octanol–water partition coefficient (Wildman–Crippen LogP) is 3.67. The van der Waals surface area contributed by atoms with Crippen LogP contribution in [0.25, 0.3) is 11.5 Å². The number of nitrogens with zero attached hydrogens (tertiary/aromatic N) is 4. The van der Waals surface area contributed by atoms with Crippen molar-refractivity contribution in [1.82, 2.24) is 15.1 Å². The summed E-state index contributed by atoms with van der Waals surface area (Å²) in [5.74, 6) is -0.677. The summed E-state index contributed by atoms with van der Waals surface area (Å²) in [6, 6.07) is 1.71. The quantitative estimate of drug-likeness (QED) is 0.807. The van der Waals surface area contributed by atoms with E-state index in [0.717, 1.165) is 12.8 Å². The molecule has 2 aromatic rings. The highest BCUT2D eigenvalue weighted by Crippen LogP contribution is 2.39. The van der Waals surface area contributed by atoms with E-state index in [1.807, 2.05) is 20.8 Å². The number of aromatic nitrogens is 3. The van der Waals surface area contributed by atoms with Gasteiger partial charge in [-0.1, -0.05) is 25.9 Å². The van der Waals surface area contributed by atoms with E-state index in [1.165, 1.54) is 0 Å². The van der Waals surface area contributed by atoms with Crippen LogP contribution in [0, 0.1) is 5.92 Å². The Morgan fingerprint density at radius 2 is 2.04 bits per heavy atom. The number of hydrogen-bond donors (Lipinski definition) is 0. The lowest BCUT2D eigenvalue weighted by atomic mass is 9.97. The molecule has 2 aliphatic rings. The molecule has 0 N–H and O–H groups in total. The zero-order valence-electron chi connectivity index (χ0n) is 15.1. The van der Waals surface area contributed by atoms with Crippen LogP contribution in [0.3, 0.4) is 0 Å². The van der Waals surface area contributed by atoms with E-state index in [-0.39, 0.29) is 18.5 Å². The number of ether oxygens (including phenoxy) is 1. The van der Waals surface area contributed by atoms with E-state index in [0.29, 0.717) is 41.4 Å². The number of anilines is 1. The first kappa shape index (κ1) is 17.2. The second-order valence-electron chi connectivity index (χ2n) is 8.18. The number of halogens is 2. The van der Waals surface area contributed by atoms with Gasteiger partial charge in [-0.25, -0.2) is 8.78 Å². The average Bonchev–Trinajstić information content (AvgIpc) is 3.22. The molecule has 2 fully saturated rings. The minimum absolute atomic E-state index is 0.264. The van der Waals surface area contributed by atoms with Gasteiger partial charge in [-0.3, -0.25) is 4.98 Å². The molecule has 3 heterocycles. The Morgan fingerprint density at radius 3 is 2.62 bits per heavy atom. The summed E-state index contributed by atoms with van der Waals surface area (Å²) in [6.07, 6.45) is 3.85. The second kappa shape index (κ2) is 5.89. The molecule has 6 nitrogen and oxygen atoms in total. The molecule has 0 spiro atoms. The molecular weight excluding hydrogens is 342 g/mol. The summed E-state index contributed by atoms with van der Waals surface area (Å²) in [5, 5.41) is 4.00. The lowest BCUT2D eigenvalue weighted by Gasteiger charge is -2.40. The Hall–Kier alpha value is -2.25. The normalized spacial score (nSPS) is 19.3. The van der Waals surface area contributed by atoms with E-state index >= 15 is 0 Å².